The third-order valence-electron chi connectivity index (χ3n) is 0.744. The Balaban J connectivity index is 3.39. The maximum atomic E-state index is 10.6. The van der Waals surface area contributed by atoms with Gasteiger partial charge in [-0.15, -0.1) is 0 Å². The zero-order valence-electron chi connectivity index (χ0n) is 5.18. The predicted molar refractivity (Wildman–Crippen MR) is 33.7 cm³/mol. The van der Waals surface area contributed by atoms with E-state index in [1.807, 2.05) is 0 Å². The van der Waals surface area contributed by atoms with E-state index in [1.54, 1.807) is 6.92 Å². The Hall–Kier alpha value is -0.453. The number of hydrogen-bond acceptors (Lipinski definition) is 3. The average Bonchev–Trinajstić information content (AvgIpc) is 1.82. The highest BCUT2D eigenvalue weighted by molar-refractivity contribution is 6.16. The highest BCUT2D eigenvalue weighted by Crippen LogP contribution is 1.88. The van der Waals surface area contributed by atoms with Crippen LogP contribution in [0.1, 0.15) is 6.92 Å². The highest BCUT2D eigenvalue weighted by atomic mass is 28.2. The lowest BCUT2D eigenvalue weighted by Gasteiger charge is -1.95. The molecular formula is C5H8O3Si. The summed E-state index contributed by atoms with van der Waals surface area (Å²) in [6.07, 6.45) is 0. The van der Waals surface area contributed by atoms with Gasteiger partial charge in [-0.1, -0.05) is 6.58 Å². The summed E-state index contributed by atoms with van der Waals surface area (Å²) < 4.78 is 4.43. The molecule has 0 atom stereocenters. The van der Waals surface area contributed by atoms with Crippen molar-refractivity contribution >= 4 is 15.8 Å². The summed E-state index contributed by atoms with van der Waals surface area (Å²) >= 11 is 0. The van der Waals surface area contributed by atoms with E-state index in [1.165, 1.54) is 0 Å². The lowest BCUT2D eigenvalue weighted by Crippen LogP contribution is -2.10. The molecule has 0 spiro atoms. The summed E-state index contributed by atoms with van der Waals surface area (Å²) in [5, 5.41) is 0. The van der Waals surface area contributed by atoms with Gasteiger partial charge in [0.2, 0.25) is 0 Å². The van der Waals surface area contributed by atoms with Crippen LogP contribution < -0.4 is 0 Å². The van der Waals surface area contributed by atoms with Crippen LogP contribution in [0.25, 0.3) is 0 Å². The Kier molecular flexibility index (Phi) is 4.21. The molecule has 9 heavy (non-hydrogen) atoms. The number of carbonyl (C=O) groups is 1. The van der Waals surface area contributed by atoms with Gasteiger partial charge in [-0.05, 0) is 12.5 Å². The molecular weight excluding hydrogens is 136 g/mol. The topological polar surface area (TPSA) is 46.5 Å². The van der Waals surface area contributed by atoms with Crippen LogP contribution in [0.2, 0.25) is 0 Å². The number of carbonyl (C=O) groups excluding carboxylic acids is 1. The van der Waals surface area contributed by atoms with Gasteiger partial charge in [-0.25, -0.2) is 0 Å². The number of hydrogen-bond donors (Lipinski definition) is 1. The second-order valence-corrected chi connectivity index (χ2v) is 2.05. The molecule has 4 heteroatoms. The van der Waals surface area contributed by atoms with E-state index >= 15 is 0 Å². The van der Waals surface area contributed by atoms with Crippen molar-refractivity contribution in [3.63, 3.8) is 0 Å². The predicted octanol–water partition coefficient (Wildman–Crippen LogP) is -0.325. The second kappa shape index (κ2) is 4.43. The first-order valence-corrected chi connectivity index (χ1v) is 3.23. The van der Waals surface area contributed by atoms with E-state index in [0.717, 1.165) is 0 Å². The molecule has 0 rings (SSSR count). The summed E-state index contributed by atoms with van der Waals surface area (Å²) in [7, 11) is -0.619. The molecule has 0 bridgehead atoms. The number of Topliss-reactive ketones (excluding diaryl/α,β-unsaturated/α-hetero) is 1. The van der Waals surface area contributed by atoms with Crippen molar-refractivity contribution in [2.75, 3.05) is 6.61 Å². The smallest absolute Gasteiger partial charge is 0.409 e. The van der Waals surface area contributed by atoms with Crippen LogP contribution in [0.5, 0.6) is 0 Å². The van der Waals surface area contributed by atoms with Crippen LogP contribution in [-0.2, 0) is 9.22 Å². The molecule has 0 aromatic carbocycles. The summed E-state index contributed by atoms with van der Waals surface area (Å²) in [5.41, 5.74) is 0.452. The largest absolute Gasteiger partial charge is 0.430 e. The monoisotopic (exact) mass is 144 g/mol. The Morgan fingerprint density at radius 3 is 2.78 bits per heavy atom. The summed E-state index contributed by atoms with van der Waals surface area (Å²) in [4.78, 5) is 18.7. The van der Waals surface area contributed by atoms with E-state index in [4.69, 9.17) is 4.80 Å². The molecule has 0 aromatic rings. The van der Waals surface area contributed by atoms with Crippen LogP contribution in [0.3, 0.4) is 0 Å². The minimum Gasteiger partial charge on any atom is -0.409 e. The maximum absolute atomic E-state index is 10.6. The van der Waals surface area contributed by atoms with Gasteiger partial charge < -0.3 is 9.22 Å². The molecule has 0 unspecified atom stereocenters. The van der Waals surface area contributed by atoms with Crippen molar-refractivity contribution in [2.24, 2.45) is 0 Å². The molecule has 0 saturated carbocycles. The molecule has 0 aliphatic heterocycles. The summed E-state index contributed by atoms with van der Waals surface area (Å²) in [6, 6.07) is 0. The molecule has 0 saturated heterocycles. The fourth-order valence-corrected chi connectivity index (χ4v) is 0.417. The quantitative estimate of drug-likeness (QED) is 0.434. The van der Waals surface area contributed by atoms with Gasteiger partial charge in [0.15, 0.2) is 5.78 Å². The van der Waals surface area contributed by atoms with E-state index in [0.29, 0.717) is 5.57 Å². The first-order valence-electron chi connectivity index (χ1n) is 2.38. The van der Waals surface area contributed by atoms with Crippen molar-refractivity contribution in [2.45, 2.75) is 6.92 Å². The SMILES string of the molecule is C=C(C)C(=O)CO[Si]O. The lowest BCUT2D eigenvalue weighted by molar-refractivity contribution is -0.117. The molecule has 2 radical (unpaired) electrons. The molecule has 1 N–H and O–H groups in total. The van der Waals surface area contributed by atoms with Gasteiger partial charge in [0.05, 0.1) is 6.61 Å². The highest BCUT2D eigenvalue weighted by Gasteiger charge is 2.00. The fourth-order valence-electron chi connectivity index (χ4n) is 0.221. The summed E-state index contributed by atoms with van der Waals surface area (Å²) in [5.74, 6) is -0.170. The van der Waals surface area contributed by atoms with Crippen LogP contribution >= 0.6 is 0 Å². The van der Waals surface area contributed by atoms with Crippen molar-refractivity contribution in [3.05, 3.63) is 12.2 Å². The van der Waals surface area contributed by atoms with Crippen molar-refractivity contribution < 1.29 is 14.0 Å². The zero-order chi connectivity index (χ0) is 7.28. The average molecular weight is 144 g/mol. The Morgan fingerprint density at radius 1 is 1.89 bits per heavy atom. The minimum atomic E-state index is -0.619. The zero-order valence-corrected chi connectivity index (χ0v) is 6.18. The first kappa shape index (κ1) is 8.55. The number of rotatable bonds is 4. The molecule has 3 nitrogen and oxygen atoms in total. The molecule has 0 aliphatic rings. The molecule has 0 fully saturated rings. The first-order chi connectivity index (χ1) is 4.18. The standard InChI is InChI=1S/C5H8O3Si/c1-4(2)5(6)3-8-9-7/h7H,1,3H2,2H3. The van der Waals surface area contributed by atoms with Gasteiger partial charge in [-0.2, -0.15) is 0 Å². The van der Waals surface area contributed by atoms with Gasteiger partial charge in [0.25, 0.3) is 0 Å². The van der Waals surface area contributed by atoms with Crippen molar-refractivity contribution in [3.8, 4) is 0 Å². The maximum Gasteiger partial charge on any atom is 0.430 e. The van der Waals surface area contributed by atoms with E-state index < -0.39 is 10.0 Å². The fraction of sp³-hybridized carbons (Fsp3) is 0.400. The van der Waals surface area contributed by atoms with Crippen LogP contribution in [0.15, 0.2) is 12.2 Å². The molecule has 0 aromatic heterocycles. The lowest BCUT2D eigenvalue weighted by atomic mass is 10.2. The Labute approximate surface area is 56.4 Å². The Morgan fingerprint density at radius 2 is 2.44 bits per heavy atom. The summed E-state index contributed by atoms with van der Waals surface area (Å²) in [6.45, 7) is 4.94. The van der Waals surface area contributed by atoms with Gasteiger partial charge >= 0.3 is 10.0 Å². The third-order valence-corrected chi connectivity index (χ3v) is 1.02. The van der Waals surface area contributed by atoms with Gasteiger partial charge in [-0.3, -0.25) is 4.79 Å². The van der Waals surface area contributed by atoms with Crippen molar-refractivity contribution in [1.29, 1.82) is 0 Å². The number of ketones is 1. The third kappa shape index (κ3) is 4.08. The van der Waals surface area contributed by atoms with Gasteiger partial charge in [0, 0.05) is 0 Å². The van der Waals surface area contributed by atoms with E-state index in [9.17, 15) is 4.79 Å². The molecule has 0 heterocycles. The van der Waals surface area contributed by atoms with Crippen LogP contribution in [0, 0.1) is 0 Å². The normalized spacial score (nSPS) is 9.11. The van der Waals surface area contributed by atoms with E-state index in [-0.39, 0.29) is 12.4 Å². The minimum absolute atomic E-state index is 0.0652. The molecule has 0 amide bonds. The van der Waals surface area contributed by atoms with E-state index in [2.05, 4.69) is 11.0 Å². The van der Waals surface area contributed by atoms with Crippen LogP contribution in [-0.4, -0.2) is 27.2 Å². The van der Waals surface area contributed by atoms with Gasteiger partial charge in [0.1, 0.15) is 0 Å². The van der Waals surface area contributed by atoms with Crippen molar-refractivity contribution in [1.82, 2.24) is 0 Å². The second-order valence-electron chi connectivity index (χ2n) is 1.58. The molecule has 50 valence electrons. The molecule has 0 aliphatic carbocycles. The Bertz CT molecular complexity index is 121. The van der Waals surface area contributed by atoms with Crippen LogP contribution in [0.4, 0.5) is 0 Å².